The molecule has 0 radical (unpaired) electrons. The Bertz CT molecular complexity index is 909. The maximum absolute atomic E-state index is 13.3. The Balaban J connectivity index is 1.59. The SMILES string of the molecule is CN(C)[C@]1(C2C=CC=CC2)CC[C@]2(CC1)CN(c1cnc(C#N)nc1)C(=O)N2CCO. The molecule has 1 aromatic heterocycles. The van der Waals surface area contributed by atoms with Crippen LogP contribution in [0.3, 0.4) is 0 Å². The van der Waals surface area contributed by atoms with Gasteiger partial charge in [-0.1, -0.05) is 24.3 Å². The maximum Gasteiger partial charge on any atom is 0.325 e. The van der Waals surface area contributed by atoms with E-state index in [4.69, 9.17) is 5.26 Å². The van der Waals surface area contributed by atoms with Crippen LogP contribution in [-0.2, 0) is 0 Å². The second-order valence-electron chi connectivity index (χ2n) is 9.00. The van der Waals surface area contributed by atoms with E-state index >= 15 is 0 Å². The minimum Gasteiger partial charge on any atom is -0.395 e. The second-order valence-corrected chi connectivity index (χ2v) is 9.00. The normalized spacial score (nSPS) is 30.4. The van der Waals surface area contributed by atoms with Crippen molar-refractivity contribution in [2.45, 2.75) is 43.2 Å². The summed E-state index contributed by atoms with van der Waals surface area (Å²) in [5.74, 6) is 0.539. The number of urea groups is 1. The van der Waals surface area contributed by atoms with Crippen molar-refractivity contribution in [3.05, 3.63) is 42.5 Å². The number of hydrogen-bond acceptors (Lipinski definition) is 6. The molecule has 8 heteroatoms. The first-order chi connectivity index (χ1) is 15.0. The molecule has 2 amide bonds. The molecular weight excluding hydrogens is 392 g/mol. The molecule has 1 aromatic rings. The molecule has 8 nitrogen and oxygen atoms in total. The number of nitriles is 1. The van der Waals surface area contributed by atoms with Crippen molar-refractivity contribution in [1.82, 2.24) is 19.8 Å². The molecule has 3 aliphatic rings. The van der Waals surface area contributed by atoms with E-state index in [2.05, 4.69) is 53.3 Å². The Morgan fingerprint density at radius 3 is 2.48 bits per heavy atom. The van der Waals surface area contributed by atoms with Gasteiger partial charge in [-0.25, -0.2) is 14.8 Å². The van der Waals surface area contributed by atoms with Crippen LogP contribution >= 0.6 is 0 Å². The van der Waals surface area contributed by atoms with Crippen LogP contribution in [0.25, 0.3) is 0 Å². The number of hydrogen-bond donors (Lipinski definition) is 1. The first-order valence-corrected chi connectivity index (χ1v) is 10.9. The minimum absolute atomic E-state index is 0.0609. The number of anilines is 1. The molecule has 1 atom stereocenters. The van der Waals surface area contributed by atoms with E-state index < -0.39 is 0 Å². The van der Waals surface area contributed by atoms with E-state index in [0.29, 0.717) is 24.7 Å². The highest BCUT2D eigenvalue weighted by atomic mass is 16.3. The number of rotatable bonds is 5. The van der Waals surface area contributed by atoms with Crippen molar-refractivity contribution in [2.75, 3.05) is 38.7 Å². The molecule has 31 heavy (non-hydrogen) atoms. The van der Waals surface area contributed by atoms with Gasteiger partial charge in [-0.15, -0.1) is 0 Å². The van der Waals surface area contributed by atoms with Crippen molar-refractivity contribution in [3.8, 4) is 6.07 Å². The van der Waals surface area contributed by atoms with Crippen molar-refractivity contribution in [2.24, 2.45) is 5.92 Å². The third kappa shape index (κ3) is 3.62. The number of aliphatic hydroxyl groups excluding tert-OH is 1. The van der Waals surface area contributed by atoms with Gasteiger partial charge in [0.05, 0.1) is 36.8 Å². The Hall–Kier alpha value is -2.76. The average molecular weight is 423 g/mol. The van der Waals surface area contributed by atoms with Gasteiger partial charge in [-0.05, 0) is 52.1 Å². The fraction of sp³-hybridized carbons (Fsp3) is 0.565. The lowest BCUT2D eigenvalue weighted by Crippen LogP contribution is -2.59. The van der Waals surface area contributed by atoms with Crippen LogP contribution < -0.4 is 4.90 Å². The molecule has 1 N–H and O–H groups in total. The lowest BCUT2D eigenvalue weighted by molar-refractivity contribution is 0.000399. The second kappa shape index (κ2) is 8.40. The molecule has 4 rings (SSSR count). The number of aliphatic hydroxyl groups is 1. The summed E-state index contributed by atoms with van der Waals surface area (Å²) in [7, 11) is 4.33. The summed E-state index contributed by atoms with van der Waals surface area (Å²) in [6.45, 7) is 0.790. The van der Waals surface area contributed by atoms with Gasteiger partial charge in [-0.2, -0.15) is 5.26 Å². The summed E-state index contributed by atoms with van der Waals surface area (Å²) in [6.07, 6.45) is 16.6. The third-order valence-electron chi connectivity index (χ3n) is 7.47. The van der Waals surface area contributed by atoms with Gasteiger partial charge >= 0.3 is 6.03 Å². The van der Waals surface area contributed by atoms with Crippen LogP contribution in [0.2, 0.25) is 0 Å². The van der Waals surface area contributed by atoms with Crippen molar-refractivity contribution < 1.29 is 9.90 Å². The van der Waals surface area contributed by atoms with E-state index in [1.54, 1.807) is 4.90 Å². The Morgan fingerprint density at radius 2 is 1.94 bits per heavy atom. The molecule has 1 spiro atoms. The summed E-state index contributed by atoms with van der Waals surface area (Å²) < 4.78 is 0. The standard InChI is InChI=1S/C23H30N6O2/c1-27(2)23(18-6-4-3-5-7-18)10-8-22(9-11-23)17-28(21(31)29(22)12-13-30)19-15-25-20(14-24)26-16-19/h3-6,15-16,18,30H,7-13,17H2,1-2H3/t18?,22-,23+. The van der Waals surface area contributed by atoms with Crippen molar-refractivity contribution in [3.63, 3.8) is 0 Å². The van der Waals surface area contributed by atoms with Crippen LogP contribution in [0.15, 0.2) is 36.7 Å². The molecule has 1 unspecified atom stereocenters. The first kappa shape index (κ1) is 21.5. The zero-order valence-corrected chi connectivity index (χ0v) is 18.2. The molecule has 2 aliphatic carbocycles. The minimum atomic E-state index is -0.318. The first-order valence-electron chi connectivity index (χ1n) is 10.9. The van der Waals surface area contributed by atoms with E-state index in [-0.39, 0.29) is 29.5 Å². The van der Waals surface area contributed by atoms with E-state index in [9.17, 15) is 9.90 Å². The quantitative estimate of drug-likeness (QED) is 0.782. The van der Waals surface area contributed by atoms with Crippen LogP contribution in [0.4, 0.5) is 10.5 Å². The fourth-order valence-electron chi connectivity index (χ4n) is 5.65. The molecule has 0 bridgehead atoms. The highest BCUT2D eigenvalue weighted by molar-refractivity contribution is 5.95. The zero-order chi connectivity index (χ0) is 22.1. The summed E-state index contributed by atoms with van der Waals surface area (Å²) in [4.78, 5) is 27.3. The number of amides is 2. The summed E-state index contributed by atoms with van der Waals surface area (Å²) in [5, 5.41) is 18.6. The average Bonchev–Trinajstić information content (AvgIpc) is 3.07. The molecule has 2 fully saturated rings. The van der Waals surface area contributed by atoms with Crippen molar-refractivity contribution in [1.29, 1.82) is 5.26 Å². The van der Waals surface area contributed by atoms with Gasteiger partial charge in [0, 0.05) is 12.1 Å². The van der Waals surface area contributed by atoms with Gasteiger partial charge in [0.1, 0.15) is 6.07 Å². The van der Waals surface area contributed by atoms with Crippen LogP contribution in [-0.4, -0.2) is 75.8 Å². The van der Waals surface area contributed by atoms with Crippen LogP contribution in [0.1, 0.15) is 37.9 Å². The Kier molecular flexibility index (Phi) is 5.82. The topological polar surface area (TPSA) is 96.6 Å². The maximum atomic E-state index is 13.3. The monoisotopic (exact) mass is 422 g/mol. The predicted octanol–water partition coefficient (Wildman–Crippen LogP) is 2.33. The number of aromatic nitrogens is 2. The van der Waals surface area contributed by atoms with Gasteiger partial charge in [0.25, 0.3) is 0 Å². The molecule has 1 aliphatic heterocycles. The highest BCUT2D eigenvalue weighted by Gasteiger charge is 2.55. The molecule has 1 saturated heterocycles. The molecule has 1 saturated carbocycles. The Labute approximate surface area is 183 Å². The predicted molar refractivity (Wildman–Crippen MR) is 117 cm³/mol. The highest BCUT2D eigenvalue weighted by Crippen LogP contribution is 2.49. The number of carbonyl (C=O) groups excluding carboxylic acids is 1. The van der Waals surface area contributed by atoms with Gasteiger partial charge in [0.15, 0.2) is 0 Å². The van der Waals surface area contributed by atoms with E-state index in [1.165, 1.54) is 12.4 Å². The third-order valence-corrected chi connectivity index (χ3v) is 7.47. The van der Waals surface area contributed by atoms with Crippen LogP contribution in [0.5, 0.6) is 0 Å². The Morgan fingerprint density at radius 1 is 1.23 bits per heavy atom. The summed E-state index contributed by atoms with van der Waals surface area (Å²) >= 11 is 0. The van der Waals surface area contributed by atoms with Gasteiger partial charge in [-0.3, -0.25) is 4.90 Å². The van der Waals surface area contributed by atoms with Crippen molar-refractivity contribution >= 4 is 11.7 Å². The summed E-state index contributed by atoms with van der Waals surface area (Å²) in [5.41, 5.74) is 0.334. The summed E-state index contributed by atoms with van der Waals surface area (Å²) in [6, 6.07) is 1.78. The molecule has 0 aromatic carbocycles. The lowest BCUT2D eigenvalue weighted by atomic mass is 9.64. The van der Waals surface area contributed by atoms with Gasteiger partial charge < -0.3 is 14.9 Å². The van der Waals surface area contributed by atoms with Crippen LogP contribution in [0, 0.1) is 17.2 Å². The molecular formula is C23H30N6O2. The van der Waals surface area contributed by atoms with E-state index in [1.807, 2.05) is 11.0 Å². The number of β-amino-alcohol motifs (C(OH)–C–C–N with tert-alkyl or cyclic N) is 1. The zero-order valence-electron chi connectivity index (χ0n) is 18.2. The molecule has 164 valence electrons. The number of allylic oxidation sites excluding steroid dienone is 3. The van der Waals surface area contributed by atoms with E-state index in [0.717, 1.165) is 32.1 Å². The fourth-order valence-corrected chi connectivity index (χ4v) is 5.65. The largest absolute Gasteiger partial charge is 0.395 e. The lowest BCUT2D eigenvalue weighted by Gasteiger charge is -2.53. The number of nitrogens with zero attached hydrogens (tertiary/aromatic N) is 6. The number of carbonyl (C=O) groups is 1. The molecule has 2 heterocycles. The van der Waals surface area contributed by atoms with Gasteiger partial charge in [0.2, 0.25) is 5.82 Å². The smallest absolute Gasteiger partial charge is 0.325 e.